The summed E-state index contributed by atoms with van der Waals surface area (Å²) in [5.74, 6) is -0.234. The van der Waals surface area contributed by atoms with E-state index in [1.165, 1.54) is 20.3 Å². The summed E-state index contributed by atoms with van der Waals surface area (Å²) in [6.07, 6.45) is 4.05. The van der Waals surface area contributed by atoms with Gasteiger partial charge in [-0.1, -0.05) is 12.8 Å². The summed E-state index contributed by atoms with van der Waals surface area (Å²) in [6.45, 7) is 0.527. The number of hydrogen-bond donors (Lipinski definition) is 2. The van der Waals surface area contributed by atoms with E-state index in [1.54, 1.807) is 0 Å². The summed E-state index contributed by atoms with van der Waals surface area (Å²) in [6, 6.07) is 2.53. The third kappa shape index (κ3) is 3.50. The van der Waals surface area contributed by atoms with Crippen molar-refractivity contribution in [1.29, 1.82) is 0 Å². The van der Waals surface area contributed by atoms with Gasteiger partial charge in [0.2, 0.25) is 0 Å². The number of carbonyl (C=O) groups is 1. The minimum Gasteiger partial charge on any atom is -0.493 e. The third-order valence-corrected chi connectivity index (χ3v) is 4.25. The Kier molecular flexibility index (Phi) is 5.60. The number of rotatable bonds is 5. The SMILES string of the molecule is COc1cc(F)c(C(=O)NC2CCCCC2CN)cc1OC. The smallest absolute Gasteiger partial charge is 0.254 e. The summed E-state index contributed by atoms with van der Waals surface area (Å²) in [7, 11) is 2.87. The molecule has 0 spiro atoms. The van der Waals surface area contributed by atoms with Crippen LogP contribution in [0.2, 0.25) is 0 Å². The minimum atomic E-state index is -0.629. The van der Waals surface area contributed by atoms with E-state index in [1.807, 2.05) is 0 Å². The van der Waals surface area contributed by atoms with Crippen molar-refractivity contribution in [3.63, 3.8) is 0 Å². The molecule has 2 unspecified atom stereocenters. The van der Waals surface area contributed by atoms with E-state index in [4.69, 9.17) is 15.2 Å². The van der Waals surface area contributed by atoms with E-state index in [0.29, 0.717) is 12.3 Å². The molecule has 1 aromatic carbocycles. The van der Waals surface area contributed by atoms with Crippen LogP contribution in [0.3, 0.4) is 0 Å². The van der Waals surface area contributed by atoms with Gasteiger partial charge in [-0.2, -0.15) is 0 Å². The Labute approximate surface area is 130 Å². The maximum atomic E-state index is 14.1. The number of halogens is 1. The van der Waals surface area contributed by atoms with Gasteiger partial charge in [0, 0.05) is 12.1 Å². The van der Waals surface area contributed by atoms with Crippen molar-refractivity contribution in [3.8, 4) is 11.5 Å². The highest BCUT2D eigenvalue weighted by atomic mass is 19.1. The Bertz CT molecular complexity index is 536. The molecule has 1 aliphatic carbocycles. The number of amides is 1. The van der Waals surface area contributed by atoms with E-state index >= 15 is 0 Å². The van der Waals surface area contributed by atoms with Crippen molar-refractivity contribution in [2.75, 3.05) is 20.8 Å². The number of methoxy groups -OCH3 is 2. The van der Waals surface area contributed by atoms with Crippen molar-refractivity contribution in [1.82, 2.24) is 5.32 Å². The number of hydrogen-bond acceptors (Lipinski definition) is 4. The predicted molar refractivity (Wildman–Crippen MR) is 81.8 cm³/mol. The maximum Gasteiger partial charge on any atom is 0.254 e. The number of benzene rings is 1. The largest absolute Gasteiger partial charge is 0.493 e. The second-order valence-electron chi connectivity index (χ2n) is 5.55. The minimum absolute atomic E-state index is 0.00116. The molecule has 5 nitrogen and oxygen atoms in total. The summed E-state index contributed by atoms with van der Waals surface area (Å²) in [5.41, 5.74) is 5.72. The molecule has 1 aliphatic rings. The zero-order valence-electron chi connectivity index (χ0n) is 13.0. The van der Waals surface area contributed by atoms with Gasteiger partial charge in [0.1, 0.15) is 5.82 Å². The van der Waals surface area contributed by atoms with Crippen LogP contribution in [0.5, 0.6) is 11.5 Å². The lowest BCUT2D eigenvalue weighted by atomic mass is 9.84. The summed E-state index contributed by atoms with van der Waals surface area (Å²) in [5, 5.41) is 2.91. The third-order valence-electron chi connectivity index (χ3n) is 4.25. The molecule has 6 heteroatoms. The van der Waals surface area contributed by atoms with Crippen molar-refractivity contribution < 1.29 is 18.7 Å². The van der Waals surface area contributed by atoms with Crippen molar-refractivity contribution in [2.45, 2.75) is 31.7 Å². The normalized spacial score (nSPS) is 21.3. The van der Waals surface area contributed by atoms with Gasteiger partial charge < -0.3 is 20.5 Å². The molecular formula is C16H23FN2O3. The zero-order chi connectivity index (χ0) is 16.1. The van der Waals surface area contributed by atoms with Crippen LogP contribution in [0.4, 0.5) is 4.39 Å². The number of nitrogens with one attached hydrogen (secondary N) is 1. The average molecular weight is 310 g/mol. The summed E-state index contributed by atoms with van der Waals surface area (Å²) >= 11 is 0. The highest BCUT2D eigenvalue weighted by molar-refractivity contribution is 5.95. The first-order valence-electron chi connectivity index (χ1n) is 7.53. The quantitative estimate of drug-likeness (QED) is 0.873. The number of nitrogens with two attached hydrogens (primary N) is 1. The first-order chi connectivity index (χ1) is 10.6. The van der Waals surface area contributed by atoms with Crippen molar-refractivity contribution in [3.05, 3.63) is 23.5 Å². The van der Waals surface area contributed by atoms with Crippen molar-refractivity contribution >= 4 is 5.91 Å². The zero-order valence-corrected chi connectivity index (χ0v) is 13.0. The molecule has 1 amide bonds. The average Bonchev–Trinajstić information content (AvgIpc) is 2.54. The van der Waals surface area contributed by atoms with E-state index in [2.05, 4.69) is 5.32 Å². The molecular weight excluding hydrogens is 287 g/mol. The molecule has 0 aromatic heterocycles. The van der Waals surface area contributed by atoms with Gasteiger partial charge in [-0.15, -0.1) is 0 Å². The second-order valence-corrected chi connectivity index (χ2v) is 5.55. The maximum absolute atomic E-state index is 14.1. The Hall–Kier alpha value is -1.82. The Balaban J connectivity index is 2.18. The van der Waals surface area contributed by atoms with Gasteiger partial charge in [-0.25, -0.2) is 4.39 Å². The lowest BCUT2D eigenvalue weighted by molar-refractivity contribution is 0.0903. The standard InChI is InChI=1S/C16H23FN2O3/c1-21-14-7-11(12(17)8-15(14)22-2)16(20)19-13-6-4-3-5-10(13)9-18/h7-8,10,13H,3-6,9,18H2,1-2H3,(H,19,20). The molecule has 0 aliphatic heterocycles. The van der Waals surface area contributed by atoms with Gasteiger partial charge in [0.15, 0.2) is 11.5 Å². The van der Waals surface area contributed by atoms with Gasteiger partial charge in [0.25, 0.3) is 5.91 Å². The van der Waals surface area contributed by atoms with Crippen LogP contribution >= 0.6 is 0 Å². The summed E-state index contributed by atoms with van der Waals surface area (Å²) in [4.78, 5) is 12.4. The lowest BCUT2D eigenvalue weighted by Gasteiger charge is -2.31. The fraction of sp³-hybridized carbons (Fsp3) is 0.562. The Morgan fingerprint density at radius 2 is 1.91 bits per heavy atom. The number of carbonyl (C=O) groups excluding carboxylic acids is 1. The molecule has 1 fully saturated rings. The molecule has 0 saturated heterocycles. The topological polar surface area (TPSA) is 73.6 Å². The highest BCUT2D eigenvalue weighted by Crippen LogP contribution is 2.30. The Morgan fingerprint density at radius 3 is 2.55 bits per heavy atom. The molecule has 0 heterocycles. The van der Waals surface area contributed by atoms with Gasteiger partial charge in [-0.3, -0.25) is 4.79 Å². The van der Waals surface area contributed by atoms with Gasteiger partial charge in [0.05, 0.1) is 19.8 Å². The number of ether oxygens (including phenoxy) is 2. The predicted octanol–water partition coefficient (Wildman–Crippen LogP) is 2.09. The van der Waals surface area contributed by atoms with E-state index in [-0.39, 0.29) is 23.3 Å². The van der Waals surface area contributed by atoms with Crippen LogP contribution in [0.15, 0.2) is 12.1 Å². The van der Waals surface area contributed by atoms with Gasteiger partial charge >= 0.3 is 0 Å². The molecule has 3 N–H and O–H groups in total. The van der Waals surface area contributed by atoms with Crippen LogP contribution < -0.4 is 20.5 Å². The molecule has 22 heavy (non-hydrogen) atoms. The molecule has 2 atom stereocenters. The van der Waals surface area contributed by atoms with E-state index in [0.717, 1.165) is 31.7 Å². The van der Waals surface area contributed by atoms with Gasteiger partial charge in [-0.05, 0) is 31.4 Å². The molecule has 2 rings (SSSR count). The van der Waals surface area contributed by atoms with Crippen LogP contribution in [0, 0.1) is 11.7 Å². The molecule has 1 saturated carbocycles. The molecule has 0 bridgehead atoms. The highest BCUT2D eigenvalue weighted by Gasteiger charge is 2.27. The summed E-state index contributed by atoms with van der Waals surface area (Å²) < 4.78 is 24.3. The molecule has 1 aromatic rings. The molecule has 0 radical (unpaired) electrons. The van der Waals surface area contributed by atoms with E-state index in [9.17, 15) is 9.18 Å². The second kappa shape index (κ2) is 7.45. The van der Waals surface area contributed by atoms with Crippen molar-refractivity contribution in [2.24, 2.45) is 11.7 Å². The first-order valence-corrected chi connectivity index (χ1v) is 7.53. The Morgan fingerprint density at radius 1 is 1.27 bits per heavy atom. The van der Waals surface area contributed by atoms with Crippen LogP contribution in [0.25, 0.3) is 0 Å². The molecule has 122 valence electrons. The fourth-order valence-electron chi connectivity index (χ4n) is 2.95. The van der Waals surface area contributed by atoms with Crippen LogP contribution in [-0.2, 0) is 0 Å². The first kappa shape index (κ1) is 16.5. The monoisotopic (exact) mass is 310 g/mol. The van der Waals surface area contributed by atoms with E-state index < -0.39 is 11.7 Å². The van der Waals surface area contributed by atoms with Crippen LogP contribution in [-0.4, -0.2) is 32.7 Å². The fourth-order valence-corrected chi connectivity index (χ4v) is 2.95. The van der Waals surface area contributed by atoms with Crippen LogP contribution in [0.1, 0.15) is 36.0 Å². The lowest BCUT2D eigenvalue weighted by Crippen LogP contribution is -2.44.